The summed E-state index contributed by atoms with van der Waals surface area (Å²) in [6.07, 6.45) is 5.89. The molecular weight excluding hydrogens is 290 g/mol. The van der Waals surface area contributed by atoms with Crippen molar-refractivity contribution in [1.29, 1.82) is 0 Å². The van der Waals surface area contributed by atoms with Crippen LogP contribution < -0.4 is 5.73 Å². The number of nitrogens with zero attached hydrogens (tertiary/aromatic N) is 4. The topological polar surface area (TPSA) is 88.8 Å². The Morgan fingerprint density at radius 2 is 2.30 bits per heavy atom. The van der Waals surface area contributed by atoms with Crippen molar-refractivity contribution in [3.05, 3.63) is 30.2 Å². The molecule has 0 amide bonds. The minimum atomic E-state index is -0.805. The summed E-state index contributed by atoms with van der Waals surface area (Å²) in [5, 5.41) is 10.8. The highest BCUT2D eigenvalue weighted by molar-refractivity contribution is 6.01. The number of pyridine rings is 1. The van der Waals surface area contributed by atoms with E-state index in [0.717, 1.165) is 29.6 Å². The number of guanidine groups is 1. The Morgan fingerprint density at radius 1 is 1.52 bits per heavy atom. The van der Waals surface area contributed by atoms with Crippen LogP contribution in [-0.4, -0.2) is 39.1 Å². The van der Waals surface area contributed by atoms with E-state index in [1.54, 1.807) is 13.2 Å². The monoisotopic (exact) mass is 309 g/mol. The molecule has 3 N–H and O–H groups in total. The quantitative estimate of drug-likeness (QED) is 0.475. The van der Waals surface area contributed by atoms with Gasteiger partial charge in [-0.1, -0.05) is 12.8 Å². The zero-order chi connectivity index (χ0) is 16.4. The van der Waals surface area contributed by atoms with Gasteiger partial charge in [0.15, 0.2) is 0 Å². The third kappa shape index (κ3) is 3.25. The summed E-state index contributed by atoms with van der Waals surface area (Å²) in [5.41, 5.74) is 6.50. The predicted molar refractivity (Wildman–Crippen MR) is 91.5 cm³/mol. The molecule has 6 heteroatoms. The van der Waals surface area contributed by atoms with Gasteiger partial charge >= 0.3 is 0 Å². The zero-order valence-electron chi connectivity index (χ0n) is 13.2. The Labute approximate surface area is 134 Å². The molecule has 1 saturated carbocycles. The molecule has 0 spiro atoms. The molecule has 118 valence electrons. The summed E-state index contributed by atoms with van der Waals surface area (Å²) in [5.74, 6) is 6.87. The summed E-state index contributed by atoms with van der Waals surface area (Å²) >= 11 is 0. The third-order valence-electron chi connectivity index (χ3n) is 3.79. The number of aromatic nitrogens is 2. The lowest BCUT2D eigenvalue weighted by Crippen LogP contribution is -2.17. The molecule has 0 aromatic carbocycles. The molecule has 0 bridgehead atoms. The first-order chi connectivity index (χ1) is 11.0. The summed E-state index contributed by atoms with van der Waals surface area (Å²) in [7, 11) is 1.61. The molecule has 2 aromatic rings. The van der Waals surface area contributed by atoms with Gasteiger partial charge in [-0.15, -0.1) is 0 Å². The summed E-state index contributed by atoms with van der Waals surface area (Å²) in [6, 6.07) is 3.87. The van der Waals surface area contributed by atoms with Crippen molar-refractivity contribution in [1.82, 2.24) is 9.55 Å². The van der Waals surface area contributed by atoms with E-state index >= 15 is 0 Å². The molecule has 1 fully saturated rings. The molecule has 1 aliphatic carbocycles. The smallest absolute Gasteiger partial charge is 0.216 e. The molecule has 23 heavy (non-hydrogen) atoms. The molecule has 0 unspecified atom stereocenters. The predicted octanol–water partition coefficient (Wildman–Crippen LogP) is 1.51. The lowest BCUT2D eigenvalue weighted by molar-refractivity contribution is 0.212. The van der Waals surface area contributed by atoms with Crippen molar-refractivity contribution in [2.75, 3.05) is 7.05 Å². The number of aliphatic imine (C=N–C) groups is 2. The van der Waals surface area contributed by atoms with Crippen molar-refractivity contribution in [3.8, 4) is 11.8 Å². The standard InChI is InChI=1S/C17H19N5O/c1-3-15(21-16(18)19-2)22-9-5-12-11-20-13(10-14(12)22)4-6-17(23)7-8-17/h5,9-11,23H,3,7-8H2,1-2H3,(H2,18,19)/b21-15+. The minimum absolute atomic E-state index is 0.244. The van der Waals surface area contributed by atoms with Crippen molar-refractivity contribution in [3.63, 3.8) is 0 Å². The average Bonchev–Trinajstić information content (AvgIpc) is 3.16. The largest absolute Gasteiger partial charge is 0.378 e. The molecule has 1 aliphatic rings. The molecule has 0 radical (unpaired) electrons. The van der Waals surface area contributed by atoms with Crippen LogP contribution in [0.25, 0.3) is 10.9 Å². The van der Waals surface area contributed by atoms with Gasteiger partial charge in [0, 0.05) is 31.2 Å². The van der Waals surface area contributed by atoms with E-state index < -0.39 is 5.60 Å². The summed E-state index contributed by atoms with van der Waals surface area (Å²) in [6.45, 7) is 2.01. The summed E-state index contributed by atoms with van der Waals surface area (Å²) in [4.78, 5) is 12.5. The van der Waals surface area contributed by atoms with Crippen LogP contribution in [0.5, 0.6) is 0 Å². The van der Waals surface area contributed by atoms with Crippen molar-refractivity contribution in [2.24, 2.45) is 15.7 Å². The number of nitrogens with two attached hydrogens (primary N) is 1. The molecular formula is C17H19N5O. The number of hydrogen-bond acceptors (Lipinski definition) is 3. The third-order valence-corrected chi connectivity index (χ3v) is 3.79. The fourth-order valence-corrected chi connectivity index (χ4v) is 2.23. The van der Waals surface area contributed by atoms with Gasteiger partial charge in [0.05, 0.1) is 5.52 Å². The maximum absolute atomic E-state index is 9.82. The second-order valence-corrected chi connectivity index (χ2v) is 5.56. The Bertz CT molecular complexity index is 862. The Hall–Kier alpha value is -2.65. The fraction of sp³-hybridized carbons (Fsp3) is 0.353. The van der Waals surface area contributed by atoms with Crippen LogP contribution in [0.15, 0.2) is 34.5 Å². The molecule has 2 heterocycles. The van der Waals surface area contributed by atoms with Crippen molar-refractivity contribution < 1.29 is 5.11 Å². The van der Waals surface area contributed by atoms with Crippen molar-refractivity contribution in [2.45, 2.75) is 31.8 Å². The van der Waals surface area contributed by atoms with E-state index in [2.05, 4.69) is 26.8 Å². The Kier molecular flexibility index (Phi) is 3.89. The number of rotatable bonds is 1. The molecule has 0 saturated heterocycles. The van der Waals surface area contributed by atoms with E-state index in [1.165, 1.54) is 0 Å². The van der Waals surface area contributed by atoms with Gasteiger partial charge in [0.25, 0.3) is 0 Å². The SMILES string of the molecule is CC/C(=N\C(N)=NC)n1ccc2cnc(C#CC3(O)CC3)cc21. The molecule has 0 aliphatic heterocycles. The van der Waals surface area contributed by atoms with Crippen LogP contribution in [0.2, 0.25) is 0 Å². The van der Waals surface area contributed by atoms with E-state index in [-0.39, 0.29) is 5.96 Å². The minimum Gasteiger partial charge on any atom is -0.378 e. The Balaban J connectivity index is 2.04. The maximum Gasteiger partial charge on any atom is 0.216 e. The summed E-state index contributed by atoms with van der Waals surface area (Å²) < 4.78 is 1.96. The average molecular weight is 309 g/mol. The molecule has 2 aromatic heterocycles. The van der Waals surface area contributed by atoms with Crippen molar-refractivity contribution >= 4 is 22.7 Å². The zero-order valence-corrected chi connectivity index (χ0v) is 13.2. The van der Waals surface area contributed by atoms with E-state index in [1.807, 2.05) is 29.8 Å². The van der Waals surface area contributed by atoms with Gasteiger partial charge in [-0.2, -0.15) is 4.99 Å². The lowest BCUT2D eigenvalue weighted by atomic mass is 10.2. The van der Waals surface area contributed by atoms with Crippen LogP contribution in [0.1, 0.15) is 31.9 Å². The highest BCUT2D eigenvalue weighted by atomic mass is 16.3. The van der Waals surface area contributed by atoms with Gasteiger partial charge in [0.1, 0.15) is 17.1 Å². The highest BCUT2D eigenvalue weighted by Crippen LogP contribution is 2.33. The fourth-order valence-electron chi connectivity index (χ4n) is 2.23. The van der Waals surface area contributed by atoms with Crippen LogP contribution >= 0.6 is 0 Å². The number of aliphatic hydroxyl groups is 1. The van der Waals surface area contributed by atoms with E-state index in [4.69, 9.17) is 5.73 Å². The second-order valence-electron chi connectivity index (χ2n) is 5.56. The molecule has 6 nitrogen and oxygen atoms in total. The van der Waals surface area contributed by atoms with Gasteiger partial charge in [-0.3, -0.25) is 4.99 Å². The normalized spacial score (nSPS) is 17.0. The van der Waals surface area contributed by atoms with E-state index in [9.17, 15) is 5.11 Å². The first-order valence-electron chi connectivity index (χ1n) is 7.57. The van der Waals surface area contributed by atoms with E-state index in [0.29, 0.717) is 12.1 Å². The number of fused-ring (bicyclic) bond motifs is 1. The van der Waals surface area contributed by atoms with Crippen LogP contribution in [0.4, 0.5) is 0 Å². The van der Waals surface area contributed by atoms with Gasteiger partial charge in [-0.05, 0) is 30.9 Å². The van der Waals surface area contributed by atoms with Gasteiger partial charge in [0.2, 0.25) is 5.96 Å². The van der Waals surface area contributed by atoms with Crippen LogP contribution in [0, 0.1) is 11.8 Å². The lowest BCUT2D eigenvalue weighted by Gasteiger charge is -2.07. The number of hydrogen-bond donors (Lipinski definition) is 2. The first kappa shape index (κ1) is 15.3. The highest BCUT2D eigenvalue weighted by Gasteiger charge is 2.38. The molecule has 0 atom stereocenters. The second kappa shape index (κ2) is 5.86. The first-order valence-corrected chi connectivity index (χ1v) is 7.57. The maximum atomic E-state index is 9.82. The van der Waals surface area contributed by atoms with Gasteiger partial charge < -0.3 is 15.4 Å². The van der Waals surface area contributed by atoms with Crippen LogP contribution in [0.3, 0.4) is 0 Å². The Morgan fingerprint density at radius 3 is 2.96 bits per heavy atom. The van der Waals surface area contributed by atoms with Crippen LogP contribution in [-0.2, 0) is 0 Å². The molecule has 3 rings (SSSR count). The van der Waals surface area contributed by atoms with Gasteiger partial charge in [-0.25, -0.2) is 4.98 Å².